The molecule has 0 unspecified atom stereocenters. The summed E-state index contributed by atoms with van der Waals surface area (Å²) in [7, 11) is 0. The maximum atomic E-state index is 11.9. The van der Waals surface area contributed by atoms with Crippen molar-refractivity contribution in [3.05, 3.63) is 64.7 Å². The summed E-state index contributed by atoms with van der Waals surface area (Å²) in [5, 5.41) is 3.37. The van der Waals surface area contributed by atoms with Gasteiger partial charge in [0.25, 0.3) is 5.91 Å². The Kier molecular flexibility index (Phi) is 4.24. The summed E-state index contributed by atoms with van der Waals surface area (Å²) in [6.45, 7) is 0. The molecule has 0 aliphatic heterocycles. The molecule has 1 amide bonds. The second kappa shape index (κ2) is 5.89. The van der Waals surface area contributed by atoms with E-state index in [0.29, 0.717) is 22.2 Å². The molecule has 0 bridgehead atoms. The van der Waals surface area contributed by atoms with Gasteiger partial charge in [0.15, 0.2) is 0 Å². The van der Waals surface area contributed by atoms with Crippen LogP contribution in [0.25, 0.3) is 0 Å². The Morgan fingerprint density at radius 3 is 2.44 bits per heavy atom. The summed E-state index contributed by atoms with van der Waals surface area (Å²) >= 11 is 11.5. The van der Waals surface area contributed by atoms with Gasteiger partial charge in [0.1, 0.15) is 0 Å². The van der Waals surface area contributed by atoms with Crippen molar-refractivity contribution in [1.29, 1.82) is 0 Å². The minimum absolute atomic E-state index is 0.168. The minimum atomic E-state index is -0.168. The molecule has 18 heavy (non-hydrogen) atoms. The zero-order chi connectivity index (χ0) is 13.0. The van der Waals surface area contributed by atoms with Gasteiger partial charge in [-0.05, 0) is 35.9 Å². The Morgan fingerprint density at radius 1 is 1.11 bits per heavy atom. The fraction of sp³-hybridized carbons (Fsp3) is 0.0714. The van der Waals surface area contributed by atoms with E-state index in [1.165, 1.54) is 0 Å². The van der Waals surface area contributed by atoms with Crippen LogP contribution >= 0.6 is 23.2 Å². The summed E-state index contributed by atoms with van der Waals surface area (Å²) < 4.78 is 0. The van der Waals surface area contributed by atoms with Gasteiger partial charge in [0.2, 0.25) is 0 Å². The molecule has 2 aromatic carbocycles. The van der Waals surface area contributed by atoms with Crippen LogP contribution in [0, 0.1) is 0 Å². The van der Waals surface area contributed by atoms with Gasteiger partial charge >= 0.3 is 0 Å². The van der Waals surface area contributed by atoms with E-state index in [9.17, 15) is 4.79 Å². The number of benzene rings is 2. The molecular weight excluding hydrogens is 269 g/mol. The van der Waals surface area contributed by atoms with E-state index in [4.69, 9.17) is 23.2 Å². The third kappa shape index (κ3) is 3.25. The predicted molar refractivity (Wildman–Crippen MR) is 75.4 cm³/mol. The summed E-state index contributed by atoms with van der Waals surface area (Å²) in [4.78, 5) is 11.9. The zero-order valence-corrected chi connectivity index (χ0v) is 11.0. The van der Waals surface area contributed by atoms with Crippen LogP contribution in [0.15, 0.2) is 48.5 Å². The highest BCUT2D eigenvalue weighted by atomic mass is 35.5. The zero-order valence-electron chi connectivity index (χ0n) is 9.49. The van der Waals surface area contributed by atoms with Crippen molar-refractivity contribution in [3.8, 4) is 0 Å². The SMILES string of the molecule is O=C(Nc1cccc(Cl)c1)c1ccc(CCl)cc1. The molecule has 0 aromatic heterocycles. The quantitative estimate of drug-likeness (QED) is 0.833. The maximum absolute atomic E-state index is 11.9. The number of hydrogen-bond acceptors (Lipinski definition) is 1. The second-order valence-corrected chi connectivity index (χ2v) is 4.50. The lowest BCUT2D eigenvalue weighted by molar-refractivity contribution is 0.102. The van der Waals surface area contributed by atoms with Crippen LogP contribution in [0.3, 0.4) is 0 Å². The molecule has 0 radical (unpaired) electrons. The summed E-state index contributed by atoms with van der Waals surface area (Å²) in [6.07, 6.45) is 0. The maximum Gasteiger partial charge on any atom is 0.255 e. The molecule has 2 nitrogen and oxygen atoms in total. The first kappa shape index (κ1) is 12.9. The first-order valence-electron chi connectivity index (χ1n) is 5.41. The second-order valence-electron chi connectivity index (χ2n) is 3.80. The lowest BCUT2D eigenvalue weighted by Gasteiger charge is -2.06. The average Bonchev–Trinajstić information content (AvgIpc) is 2.39. The van der Waals surface area contributed by atoms with Crippen LogP contribution < -0.4 is 5.32 Å². The molecule has 0 saturated heterocycles. The molecule has 0 aliphatic carbocycles. The van der Waals surface area contributed by atoms with Gasteiger partial charge in [-0.25, -0.2) is 0 Å². The number of rotatable bonds is 3. The molecule has 0 saturated carbocycles. The number of hydrogen-bond donors (Lipinski definition) is 1. The Bertz CT molecular complexity index is 552. The molecule has 4 heteroatoms. The van der Waals surface area contributed by atoms with Crippen molar-refractivity contribution in [2.24, 2.45) is 0 Å². The van der Waals surface area contributed by atoms with Crippen LogP contribution in [-0.4, -0.2) is 5.91 Å². The normalized spacial score (nSPS) is 10.1. The van der Waals surface area contributed by atoms with Crippen molar-refractivity contribution in [2.75, 3.05) is 5.32 Å². The highest BCUT2D eigenvalue weighted by Gasteiger charge is 2.05. The number of carbonyl (C=O) groups is 1. The summed E-state index contributed by atoms with van der Waals surface area (Å²) in [5.74, 6) is 0.273. The predicted octanol–water partition coefficient (Wildman–Crippen LogP) is 4.33. The Balaban J connectivity index is 2.11. The van der Waals surface area contributed by atoms with Gasteiger partial charge in [-0.3, -0.25) is 4.79 Å². The van der Waals surface area contributed by atoms with Gasteiger partial charge in [-0.15, -0.1) is 11.6 Å². The molecule has 2 aromatic rings. The van der Waals surface area contributed by atoms with Crippen LogP contribution in [0.4, 0.5) is 5.69 Å². The summed E-state index contributed by atoms with van der Waals surface area (Å²) in [6, 6.07) is 14.2. The first-order chi connectivity index (χ1) is 8.69. The lowest BCUT2D eigenvalue weighted by atomic mass is 10.1. The van der Waals surface area contributed by atoms with Gasteiger partial charge in [0.05, 0.1) is 0 Å². The van der Waals surface area contributed by atoms with Crippen molar-refractivity contribution >= 4 is 34.8 Å². The number of nitrogens with one attached hydrogen (secondary N) is 1. The van der Waals surface area contributed by atoms with Gasteiger partial charge in [-0.1, -0.05) is 29.8 Å². The fourth-order valence-electron chi connectivity index (χ4n) is 1.51. The van der Waals surface area contributed by atoms with Crippen LogP contribution in [0.1, 0.15) is 15.9 Å². The largest absolute Gasteiger partial charge is 0.322 e. The topological polar surface area (TPSA) is 29.1 Å². The van der Waals surface area contributed by atoms with Gasteiger partial charge in [-0.2, -0.15) is 0 Å². The average molecular weight is 280 g/mol. The van der Waals surface area contributed by atoms with Crippen LogP contribution in [-0.2, 0) is 5.88 Å². The van der Waals surface area contributed by atoms with Crippen molar-refractivity contribution < 1.29 is 4.79 Å². The Hall–Kier alpha value is -1.51. The molecule has 2 rings (SSSR count). The number of anilines is 1. The highest BCUT2D eigenvalue weighted by molar-refractivity contribution is 6.31. The smallest absolute Gasteiger partial charge is 0.255 e. The van der Waals surface area contributed by atoms with E-state index in [0.717, 1.165) is 5.56 Å². The van der Waals surface area contributed by atoms with Gasteiger partial charge in [0, 0.05) is 22.2 Å². The number of halogens is 2. The van der Waals surface area contributed by atoms with E-state index < -0.39 is 0 Å². The third-order valence-corrected chi connectivity index (χ3v) is 3.00. The molecule has 0 aliphatic rings. The summed E-state index contributed by atoms with van der Waals surface area (Å²) in [5.41, 5.74) is 2.24. The van der Waals surface area contributed by atoms with Crippen LogP contribution in [0.2, 0.25) is 5.02 Å². The standard InChI is InChI=1S/C14H11Cl2NO/c15-9-10-4-6-11(7-5-10)14(18)17-13-3-1-2-12(16)8-13/h1-8H,9H2,(H,17,18). The monoisotopic (exact) mass is 279 g/mol. The van der Waals surface area contributed by atoms with Crippen LogP contribution in [0.5, 0.6) is 0 Å². The Morgan fingerprint density at radius 2 is 1.83 bits per heavy atom. The minimum Gasteiger partial charge on any atom is -0.322 e. The van der Waals surface area contributed by atoms with E-state index >= 15 is 0 Å². The number of alkyl halides is 1. The molecular formula is C14H11Cl2NO. The van der Waals surface area contributed by atoms with E-state index in [-0.39, 0.29) is 5.91 Å². The molecule has 0 atom stereocenters. The van der Waals surface area contributed by atoms with E-state index in [1.54, 1.807) is 36.4 Å². The number of carbonyl (C=O) groups excluding carboxylic acids is 1. The van der Waals surface area contributed by atoms with E-state index in [1.807, 2.05) is 12.1 Å². The lowest BCUT2D eigenvalue weighted by Crippen LogP contribution is -2.11. The van der Waals surface area contributed by atoms with Crippen molar-refractivity contribution in [3.63, 3.8) is 0 Å². The number of amides is 1. The molecule has 0 spiro atoms. The van der Waals surface area contributed by atoms with E-state index in [2.05, 4.69) is 5.32 Å². The molecule has 1 N–H and O–H groups in total. The van der Waals surface area contributed by atoms with Gasteiger partial charge < -0.3 is 5.32 Å². The molecule has 0 fully saturated rings. The first-order valence-corrected chi connectivity index (χ1v) is 6.32. The third-order valence-electron chi connectivity index (χ3n) is 2.45. The fourth-order valence-corrected chi connectivity index (χ4v) is 1.88. The molecule has 92 valence electrons. The van der Waals surface area contributed by atoms with Crippen molar-refractivity contribution in [2.45, 2.75) is 5.88 Å². The molecule has 0 heterocycles. The highest BCUT2D eigenvalue weighted by Crippen LogP contribution is 2.16. The Labute approximate surface area is 116 Å². The van der Waals surface area contributed by atoms with Crippen molar-refractivity contribution in [1.82, 2.24) is 0 Å².